The molecule has 144 valence electrons. The van der Waals surface area contributed by atoms with Crippen molar-refractivity contribution >= 4 is 21.4 Å². The van der Waals surface area contributed by atoms with Crippen molar-refractivity contribution in [1.29, 1.82) is 0 Å². The molecule has 2 aromatic carbocycles. The van der Waals surface area contributed by atoms with Crippen molar-refractivity contribution in [3.05, 3.63) is 71.3 Å². The summed E-state index contributed by atoms with van der Waals surface area (Å²) in [6, 6.07) is 12.3. The number of sulfone groups is 1. The van der Waals surface area contributed by atoms with E-state index in [4.69, 9.17) is 0 Å². The normalized spacial score (nSPS) is 13.4. The minimum Gasteiger partial charge on any atom is -0.321 e. The Hall–Kier alpha value is -3.00. The second-order valence-corrected chi connectivity index (χ2v) is 8.76. The number of anilines is 1. The van der Waals surface area contributed by atoms with Gasteiger partial charge in [-0.25, -0.2) is 17.5 Å². The highest BCUT2D eigenvalue weighted by Crippen LogP contribution is 2.29. The van der Waals surface area contributed by atoms with Crippen LogP contribution in [0.15, 0.2) is 53.4 Å². The maximum Gasteiger partial charge on any atom is 0.276 e. The number of benzene rings is 2. The van der Waals surface area contributed by atoms with Crippen LogP contribution in [0.5, 0.6) is 0 Å². The summed E-state index contributed by atoms with van der Waals surface area (Å²) in [6.07, 6.45) is 3.44. The Morgan fingerprint density at radius 3 is 2.50 bits per heavy atom. The zero-order valence-electron chi connectivity index (χ0n) is 15.1. The van der Waals surface area contributed by atoms with Crippen molar-refractivity contribution in [2.45, 2.75) is 24.2 Å². The number of amides is 1. The average molecular weight is 399 g/mol. The number of rotatable bonds is 4. The Bertz CT molecular complexity index is 1170. The Balaban J connectivity index is 1.66. The SMILES string of the molecule is CS(=O)(=O)c1ccc(NC(=O)c2nn(-c3ccccc3F)c3c2CCC3)cc1. The molecule has 0 bridgehead atoms. The molecule has 0 spiro atoms. The number of fused-ring (bicyclic) bond motifs is 1. The lowest BCUT2D eigenvalue weighted by atomic mass is 10.2. The van der Waals surface area contributed by atoms with Crippen LogP contribution in [-0.4, -0.2) is 30.4 Å². The summed E-state index contributed by atoms with van der Waals surface area (Å²) in [5.74, 6) is -0.802. The average Bonchev–Trinajstić information content (AvgIpc) is 3.24. The van der Waals surface area contributed by atoms with E-state index in [2.05, 4.69) is 10.4 Å². The lowest BCUT2D eigenvalue weighted by Gasteiger charge is -2.07. The number of nitrogens with one attached hydrogen (secondary N) is 1. The molecule has 0 fully saturated rings. The third-order valence-electron chi connectivity index (χ3n) is 4.77. The van der Waals surface area contributed by atoms with E-state index in [-0.39, 0.29) is 10.6 Å². The quantitative estimate of drug-likeness (QED) is 0.731. The third-order valence-corrected chi connectivity index (χ3v) is 5.89. The van der Waals surface area contributed by atoms with Gasteiger partial charge in [-0.05, 0) is 55.7 Å². The predicted octanol–water partition coefficient (Wildman–Crippen LogP) is 3.16. The summed E-state index contributed by atoms with van der Waals surface area (Å²) in [7, 11) is -3.30. The lowest BCUT2D eigenvalue weighted by molar-refractivity contribution is 0.102. The minimum atomic E-state index is -3.30. The standard InChI is InChI=1S/C20H18FN3O3S/c1-28(26,27)14-11-9-13(10-12-14)22-20(25)19-15-5-4-8-17(15)24(23-19)18-7-3-2-6-16(18)21/h2-3,6-7,9-12H,4-5,8H2,1H3,(H,22,25). The van der Waals surface area contributed by atoms with E-state index in [9.17, 15) is 17.6 Å². The number of hydrogen-bond donors (Lipinski definition) is 1. The first-order chi connectivity index (χ1) is 13.3. The molecule has 1 aliphatic rings. The van der Waals surface area contributed by atoms with E-state index >= 15 is 0 Å². The topological polar surface area (TPSA) is 81.1 Å². The van der Waals surface area contributed by atoms with Crippen LogP contribution in [0.25, 0.3) is 5.69 Å². The van der Waals surface area contributed by atoms with Gasteiger partial charge in [-0.2, -0.15) is 5.10 Å². The fourth-order valence-electron chi connectivity index (χ4n) is 3.42. The van der Waals surface area contributed by atoms with E-state index in [0.717, 1.165) is 30.4 Å². The van der Waals surface area contributed by atoms with Crippen LogP contribution in [0.3, 0.4) is 0 Å². The highest BCUT2D eigenvalue weighted by Gasteiger charge is 2.27. The zero-order chi connectivity index (χ0) is 19.9. The van der Waals surface area contributed by atoms with Gasteiger partial charge in [0.1, 0.15) is 11.5 Å². The van der Waals surface area contributed by atoms with E-state index in [1.165, 1.54) is 35.0 Å². The van der Waals surface area contributed by atoms with Crippen LogP contribution in [0, 0.1) is 5.82 Å². The van der Waals surface area contributed by atoms with Crippen molar-refractivity contribution < 1.29 is 17.6 Å². The highest BCUT2D eigenvalue weighted by molar-refractivity contribution is 7.90. The summed E-state index contributed by atoms with van der Waals surface area (Å²) >= 11 is 0. The maximum atomic E-state index is 14.2. The summed E-state index contributed by atoms with van der Waals surface area (Å²) < 4.78 is 38.8. The fourth-order valence-corrected chi connectivity index (χ4v) is 4.05. The van der Waals surface area contributed by atoms with Crippen molar-refractivity contribution in [2.24, 2.45) is 0 Å². The molecule has 4 rings (SSSR count). The monoisotopic (exact) mass is 399 g/mol. The lowest BCUT2D eigenvalue weighted by Crippen LogP contribution is -2.15. The Morgan fingerprint density at radius 2 is 1.82 bits per heavy atom. The van der Waals surface area contributed by atoms with Crippen LogP contribution in [0.4, 0.5) is 10.1 Å². The molecule has 8 heteroatoms. The number of nitrogens with zero attached hydrogens (tertiary/aromatic N) is 2. The number of hydrogen-bond acceptors (Lipinski definition) is 4. The second kappa shape index (κ2) is 6.87. The van der Waals surface area contributed by atoms with Gasteiger partial charge in [-0.15, -0.1) is 0 Å². The van der Waals surface area contributed by atoms with Crippen LogP contribution >= 0.6 is 0 Å². The van der Waals surface area contributed by atoms with Crippen molar-refractivity contribution in [2.75, 3.05) is 11.6 Å². The van der Waals surface area contributed by atoms with Gasteiger partial charge in [0.25, 0.3) is 5.91 Å². The fraction of sp³-hybridized carbons (Fsp3) is 0.200. The summed E-state index contributed by atoms with van der Waals surface area (Å²) in [5.41, 5.74) is 2.72. The number of halogens is 1. The Kier molecular flexibility index (Phi) is 4.50. The third kappa shape index (κ3) is 3.31. The highest BCUT2D eigenvalue weighted by atomic mass is 32.2. The van der Waals surface area contributed by atoms with Gasteiger partial charge in [-0.3, -0.25) is 4.79 Å². The molecule has 0 aliphatic heterocycles. The molecule has 0 radical (unpaired) electrons. The smallest absolute Gasteiger partial charge is 0.276 e. The molecule has 0 atom stereocenters. The number of aromatic nitrogens is 2. The largest absolute Gasteiger partial charge is 0.321 e. The number of carbonyl (C=O) groups excluding carboxylic acids is 1. The summed E-state index contributed by atoms with van der Waals surface area (Å²) in [4.78, 5) is 13.0. The molecule has 0 unspecified atom stereocenters. The minimum absolute atomic E-state index is 0.176. The molecule has 0 saturated carbocycles. The first-order valence-electron chi connectivity index (χ1n) is 8.82. The van der Waals surface area contributed by atoms with Gasteiger partial charge < -0.3 is 5.32 Å². The molecule has 1 N–H and O–H groups in total. The molecule has 1 amide bonds. The second-order valence-electron chi connectivity index (χ2n) is 6.74. The van der Waals surface area contributed by atoms with E-state index in [1.807, 2.05) is 0 Å². The molecule has 1 aliphatic carbocycles. The molecule has 1 heterocycles. The van der Waals surface area contributed by atoms with Gasteiger partial charge in [0.05, 0.1) is 4.90 Å². The van der Waals surface area contributed by atoms with Crippen molar-refractivity contribution in [3.63, 3.8) is 0 Å². The van der Waals surface area contributed by atoms with Crippen LogP contribution in [0.2, 0.25) is 0 Å². The first kappa shape index (κ1) is 18.4. The Morgan fingerprint density at radius 1 is 1.11 bits per heavy atom. The van der Waals surface area contributed by atoms with Crippen LogP contribution in [-0.2, 0) is 22.7 Å². The van der Waals surface area contributed by atoms with Gasteiger partial charge in [0, 0.05) is 23.2 Å². The van der Waals surface area contributed by atoms with Crippen LogP contribution < -0.4 is 5.32 Å². The van der Waals surface area contributed by atoms with E-state index in [0.29, 0.717) is 17.8 Å². The molecular weight excluding hydrogens is 381 g/mol. The summed E-state index contributed by atoms with van der Waals surface area (Å²) in [5, 5.41) is 7.13. The Labute approximate surface area is 161 Å². The maximum absolute atomic E-state index is 14.2. The van der Waals surface area contributed by atoms with Gasteiger partial charge >= 0.3 is 0 Å². The predicted molar refractivity (Wildman–Crippen MR) is 103 cm³/mol. The van der Waals surface area contributed by atoms with E-state index in [1.54, 1.807) is 18.2 Å². The molecule has 0 saturated heterocycles. The number of carbonyl (C=O) groups is 1. The van der Waals surface area contributed by atoms with Gasteiger partial charge in [0.15, 0.2) is 15.5 Å². The molecular formula is C20H18FN3O3S. The number of para-hydroxylation sites is 1. The van der Waals surface area contributed by atoms with Gasteiger partial charge in [-0.1, -0.05) is 12.1 Å². The van der Waals surface area contributed by atoms with Crippen LogP contribution in [0.1, 0.15) is 28.2 Å². The molecule has 1 aromatic heterocycles. The first-order valence-corrected chi connectivity index (χ1v) is 10.7. The molecule has 3 aromatic rings. The molecule has 6 nitrogen and oxygen atoms in total. The zero-order valence-corrected chi connectivity index (χ0v) is 16.0. The van der Waals surface area contributed by atoms with Crippen molar-refractivity contribution in [3.8, 4) is 5.69 Å². The van der Waals surface area contributed by atoms with Gasteiger partial charge in [0.2, 0.25) is 0 Å². The van der Waals surface area contributed by atoms with E-state index < -0.39 is 21.6 Å². The summed E-state index contributed by atoms with van der Waals surface area (Å²) in [6.45, 7) is 0. The van der Waals surface area contributed by atoms with Crippen molar-refractivity contribution in [1.82, 2.24) is 9.78 Å². The molecule has 28 heavy (non-hydrogen) atoms.